The molecule has 2 aromatic carbocycles. The van der Waals surface area contributed by atoms with Gasteiger partial charge in [-0.15, -0.1) is 5.10 Å². The maximum atomic E-state index is 12.9. The van der Waals surface area contributed by atoms with Gasteiger partial charge in [-0.2, -0.15) is 0 Å². The van der Waals surface area contributed by atoms with Crippen molar-refractivity contribution >= 4 is 34.2 Å². The number of carbonyl (C=O) groups excluding carboxylic acids is 1. The van der Waals surface area contributed by atoms with Crippen LogP contribution < -0.4 is 20.6 Å². The van der Waals surface area contributed by atoms with Crippen LogP contribution >= 0.6 is 11.8 Å². The number of thioether (sulfide) groups is 1. The lowest BCUT2D eigenvalue weighted by molar-refractivity contribution is -0.385. The van der Waals surface area contributed by atoms with Gasteiger partial charge in [0.2, 0.25) is 0 Å². The van der Waals surface area contributed by atoms with E-state index in [0.717, 1.165) is 0 Å². The molecule has 4 rings (SSSR count). The Morgan fingerprint density at radius 1 is 1.31 bits per heavy atom. The fraction of sp³-hybridized carbons (Fsp3) is 0.211. The summed E-state index contributed by atoms with van der Waals surface area (Å²) in [5.41, 5.74) is 0.717. The highest BCUT2D eigenvalue weighted by Crippen LogP contribution is 2.37. The van der Waals surface area contributed by atoms with Crippen molar-refractivity contribution in [2.45, 2.75) is 13.1 Å². The van der Waals surface area contributed by atoms with Crippen molar-refractivity contribution in [1.29, 1.82) is 0 Å². The van der Waals surface area contributed by atoms with Crippen LogP contribution in [0.1, 0.15) is 18.7 Å². The summed E-state index contributed by atoms with van der Waals surface area (Å²) in [5.74, 6) is 0.151. The number of hydrazone groups is 1. The number of ether oxygens (including phenoxy) is 1. The molecule has 1 N–H and O–H groups in total. The fourth-order valence-electron chi connectivity index (χ4n) is 3.26. The number of benzene rings is 2. The van der Waals surface area contributed by atoms with E-state index in [0.29, 0.717) is 39.4 Å². The van der Waals surface area contributed by atoms with E-state index in [1.54, 1.807) is 24.5 Å². The largest absolute Gasteiger partial charge is 0.493 e. The molecule has 0 saturated heterocycles. The summed E-state index contributed by atoms with van der Waals surface area (Å²) in [4.78, 5) is 28.5. The second kappa shape index (κ2) is 7.55. The predicted molar refractivity (Wildman–Crippen MR) is 109 cm³/mol. The Hall–Kier alpha value is -3.40. The molecule has 1 atom stereocenters. The van der Waals surface area contributed by atoms with Gasteiger partial charge in [-0.1, -0.05) is 30.0 Å². The van der Waals surface area contributed by atoms with Crippen LogP contribution in [-0.2, 0) is 4.79 Å². The monoisotopic (exact) mass is 411 g/mol. The maximum absolute atomic E-state index is 12.9. The maximum Gasteiger partial charge on any atom is 0.276 e. The number of non-ortho nitro benzene ring substituents is 1. The minimum absolute atomic E-state index is 0.0883. The van der Waals surface area contributed by atoms with Gasteiger partial charge in [-0.3, -0.25) is 25.2 Å². The van der Waals surface area contributed by atoms with Crippen LogP contribution in [-0.4, -0.2) is 33.9 Å². The van der Waals surface area contributed by atoms with Crippen molar-refractivity contribution in [3.63, 3.8) is 0 Å². The second-order valence-electron chi connectivity index (χ2n) is 6.19. The highest BCUT2D eigenvalue weighted by molar-refractivity contribution is 8.13. The van der Waals surface area contributed by atoms with Gasteiger partial charge in [0.1, 0.15) is 11.4 Å². The van der Waals surface area contributed by atoms with E-state index in [1.165, 1.54) is 28.9 Å². The van der Waals surface area contributed by atoms with Crippen LogP contribution in [0.4, 0.5) is 5.69 Å². The number of amides is 1. The van der Waals surface area contributed by atoms with Crippen LogP contribution in [0.3, 0.4) is 0 Å². The molecule has 10 heteroatoms. The minimum atomic E-state index is -0.783. The molecule has 0 radical (unpaired) electrons. The van der Waals surface area contributed by atoms with E-state index < -0.39 is 11.1 Å². The number of para-hydroxylation sites is 1. The Labute approximate surface area is 169 Å². The van der Waals surface area contributed by atoms with E-state index in [2.05, 4.69) is 10.4 Å². The van der Waals surface area contributed by atoms with Crippen LogP contribution in [0.15, 0.2) is 52.6 Å². The lowest BCUT2D eigenvalue weighted by atomic mass is 10.1. The third-order valence-electron chi connectivity index (χ3n) is 4.49. The quantitative estimate of drug-likeness (QED) is 0.603. The molecule has 2 aromatic rings. The van der Waals surface area contributed by atoms with E-state index >= 15 is 0 Å². The van der Waals surface area contributed by atoms with Gasteiger partial charge in [-0.25, -0.2) is 5.01 Å². The van der Waals surface area contributed by atoms with Crippen molar-refractivity contribution in [2.24, 2.45) is 10.1 Å². The molecule has 29 heavy (non-hydrogen) atoms. The number of nitro benzene ring substituents is 1. The van der Waals surface area contributed by atoms with Gasteiger partial charge in [0.25, 0.3) is 11.6 Å². The average Bonchev–Trinajstić information content (AvgIpc) is 2.73. The predicted octanol–water partition coefficient (Wildman–Crippen LogP) is 1.50. The van der Waals surface area contributed by atoms with Gasteiger partial charge in [-0.05, 0) is 25.3 Å². The van der Waals surface area contributed by atoms with Gasteiger partial charge >= 0.3 is 0 Å². The molecule has 2 heterocycles. The molecule has 0 aliphatic carbocycles. The number of nitrogens with one attached hydrogen (secondary N) is 1. The molecule has 1 amide bonds. The molecule has 0 saturated carbocycles. The summed E-state index contributed by atoms with van der Waals surface area (Å²) in [7, 11) is 0. The number of rotatable bonds is 4. The molecule has 0 fully saturated rings. The Balaban J connectivity index is 1.99. The van der Waals surface area contributed by atoms with Crippen LogP contribution in [0, 0.1) is 10.1 Å². The third kappa shape index (κ3) is 3.31. The zero-order chi connectivity index (χ0) is 20.5. The molecule has 1 unspecified atom stereocenters. The fourth-order valence-corrected chi connectivity index (χ4v) is 3.62. The van der Waals surface area contributed by atoms with Crippen molar-refractivity contribution < 1.29 is 14.5 Å². The number of fused-ring (bicyclic) bond motifs is 2. The van der Waals surface area contributed by atoms with E-state index in [4.69, 9.17) is 9.73 Å². The van der Waals surface area contributed by atoms with Gasteiger partial charge in [0, 0.05) is 22.9 Å². The van der Waals surface area contributed by atoms with Crippen molar-refractivity contribution in [3.05, 3.63) is 68.7 Å². The molecule has 2 aliphatic rings. The molecule has 0 aromatic heterocycles. The van der Waals surface area contributed by atoms with E-state index in [1.807, 2.05) is 19.1 Å². The number of hydrogen-bond acceptors (Lipinski definition) is 8. The van der Waals surface area contributed by atoms with Crippen LogP contribution in [0.2, 0.25) is 0 Å². The molecule has 2 aliphatic heterocycles. The highest BCUT2D eigenvalue weighted by atomic mass is 32.2. The number of carbonyl (C=O) groups is 1. The minimum Gasteiger partial charge on any atom is -0.493 e. The third-order valence-corrected chi connectivity index (χ3v) is 5.06. The number of nitro groups is 1. The van der Waals surface area contributed by atoms with Gasteiger partial charge in [0.15, 0.2) is 11.3 Å². The number of hydrogen-bond donors (Lipinski definition) is 1. The Morgan fingerprint density at radius 2 is 2.10 bits per heavy atom. The van der Waals surface area contributed by atoms with Gasteiger partial charge in [0.05, 0.1) is 16.9 Å². The molecule has 0 bridgehead atoms. The van der Waals surface area contributed by atoms with Crippen LogP contribution in [0.25, 0.3) is 5.70 Å². The molecule has 9 nitrogen and oxygen atoms in total. The highest BCUT2D eigenvalue weighted by Gasteiger charge is 2.36. The van der Waals surface area contributed by atoms with Gasteiger partial charge < -0.3 is 4.74 Å². The normalized spacial score (nSPS) is 17.5. The summed E-state index contributed by atoms with van der Waals surface area (Å²) in [5, 5.41) is 21.8. The van der Waals surface area contributed by atoms with Crippen molar-refractivity contribution in [1.82, 2.24) is 10.3 Å². The van der Waals surface area contributed by atoms with E-state index in [-0.39, 0.29) is 11.6 Å². The summed E-state index contributed by atoms with van der Waals surface area (Å²) in [6.07, 6.45) is 1.02. The van der Waals surface area contributed by atoms with E-state index in [9.17, 15) is 14.9 Å². The zero-order valence-electron chi connectivity index (χ0n) is 15.7. The second-order valence-corrected chi connectivity index (χ2v) is 6.98. The van der Waals surface area contributed by atoms with Crippen molar-refractivity contribution in [2.75, 3.05) is 12.9 Å². The standard InChI is InChI=1S/C19H17N5O4S/c1-3-28-15-9-8-11(24(26)27)10-13(15)17-20-14-7-5-4-6-12(14)16-18(25)21-19(29-2)22-23(16)17/h4-10,17H,3H2,1-2H3,(H,21,22,25). The summed E-state index contributed by atoms with van der Waals surface area (Å²) >= 11 is 1.29. The molecular weight excluding hydrogens is 394 g/mol. The number of amidine groups is 1. The first kappa shape index (κ1) is 18.9. The Kier molecular flexibility index (Phi) is 4.93. The lowest BCUT2D eigenvalue weighted by Crippen LogP contribution is -2.50. The first-order valence-electron chi connectivity index (χ1n) is 8.85. The summed E-state index contributed by atoms with van der Waals surface area (Å²) < 4.78 is 5.70. The molecular formula is C19H17N5O4S. The zero-order valence-corrected chi connectivity index (χ0v) is 16.5. The molecule has 0 spiro atoms. The first-order chi connectivity index (χ1) is 14.0. The average molecular weight is 411 g/mol. The number of nitrogens with zero attached hydrogens (tertiary/aromatic N) is 4. The topological polar surface area (TPSA) is 109 Å². The summed E-state index contributed by atoms with van der Waals surface area (Å²) in [6.45, 7) is 2.21. The lowest BCUT2D eigenvalue weighted by Gasteiger charge is -2.34. The first-order valence-corrected chi connectivity index (χ1v) is 10.1. The van der Waals surface area contributed by atoms with Crippen molar-refractivity contribution in [3.8, 4) is 5.75 Å². The Morgan fingerprint density at radius 3 is 2.83 bits per heavy atom. The van der Waals surface area contributed by atoms with Crippen LogP contribution in [0.5, 0.6) is 5.75 Å². The summed E-state index contributed by atoms with van der Waals surface area (Å²) in [6, 6.07) is 11.6. The smallest absolute Gasteiger partial charge is 0.276 e. The Bertz CT molecular complexity index is 1160. The SMILES string of the molecule is CCOc1ccc([N+](=O)[O-])cc1C1N=c2ccccc2=C2C(=O)NC(SC)=NN21. The molecule has 148 valence electrons.